The Labute approximate surface area is 87.2 Å². The lowest BCUT2D eigenvalue weighted by Gasteiger charge is -2.05. The Morgan fingerprint density at radius 3 is 2.79 bits per heavy atom. The topological polar surface area (TPSA) is 12.4 Å². The van der Waals surface area contributed by atoms with Gasteiger partial charge >= 0.3 is 0 Å². The van der Waals surface area contributed by atoms with Gasteiger partial charge in [-0.1, -0.05) is 30.3 Å². The molecule has 2 heteroatoms. The van der Waals surface area contributed by atoms with Crippen molar-refractivity contribution in [3.05, 3.63) is 58.6 Å². The minimum absolute atomic E-state index is 0.454. The van der Waals surface area contributed by atoms with Crippen LogP contribution in [0.5, 0.6) is 0 Å². The summed E-state index contributed by atoms with van der Waals surface area (Å²) in [5.41, 5.74) is 2.50. The van der Waals surface area contributed by atoms with Crippen molar-refractivity contribution in [2.24, 2.45) is 4.99 Å². The van der Waals surface area contributed by atoms with Crippen LogP contribution in [0.25, 0.3) is 0 Å². The fourth-order valence-corrected chi connectivity index (χ4v) is 2.82. The largest absolute Gasteiger partial charge is 0.256 e. The average molecular weight is 199 g/mol. The van der Waals surface area contributed by atoms with Gasteiger partial charge in [-0.25, -0.2) is 0 Å². The van der Waals surface area contributed by atoms with Gasteiger partial charge in [-0.05, 0) is 17.7 Å². The second-order valence-corrected chi connectivity index (χ2v) is 4.49. The number of hydrogen-bond acceptors (Lipinski definition) is 2. The monoisotopic (exact) mass is 199 g/mol. The summed E-state index contributed by atoms with van der Waals surface area (Å²) in [6.45, 7) is 0. The SMILES string of the molecule is C1=NC2=CC(c3ccccc3)SC2=C1. The highest BCUT2D eigenvalue weighted by Gasteiger charge is 2.23. The molecule has 2 aliphatic rings. The second-order valence-electron chi connectivity index (χ2n) is 3.31. The lowest BCUT2D eigenvalue weighted by molar-refractivity contribution is 1.22. The molecule has 1 unspecified atom stereocenters. The molecule has 0 spiro atoms. The molecule has 3 rings (SSSR count). The quantitative estimate of drug-likeness (QED) is 0.675. The molecule has 0 bridgehead atoms. The molecular formula is C12H9NS. The van der Waals surface area contributed by atoms with Crippen LogP contribution in [0, 0.1) is 0 Å². The van der Waals surface area contributed by atoms with Gasteiger partial charge in [0.1, 0.15) is 0 Å². The molecule has 0 radical (unpaired) electrons. The average Bonchev–Trinajstić information content (AvgIpc) is 2.78. The standard InChI is InChI=1S/C12H9NS/c1-2-4-9(5-3-1)12-8-10-11(14-12)6-7-13-10/h1-8,12H. The molecule has 0 aliphatic carbocycles. The molecular weight excluding hydrogens is 190 g/mol. The number of hydrogen-bond donors (Lipinski definition) is 0. The van der Waals surface area contributed by atoms with Crippen molar-refractivity contribution in [1.82, 2.24) is 0 Å². The Morgan fingerprint density at radius 2 is 2.00 bits per heavy atom. The van der Waals surface area contributed by atoms with Crippen LogP contribution in [0.3, 0.4) is 0 Å². The Bertz CT molecular complexity index is 443. The second kappa shape index (κ2) is 3.14. The molecule has 0 saturated heterocycles. The van der Waals surface area contributed by atoms with Gasteiger partial charge in [-0.2, -0.15) is 0 Å². The Balaban J connectivity index is 1.95. The third kappa shape index (κ3) is 1.23. The first kappa shape index (κ1) is 8.06. The van der Waals surface area contributed by atoms with Crippen LogP contribution in [0.2, 0.25) is 0 Å². The highest BCUT2D eigenvalue weighted by molar-refractivity contribution is 8.04. The highest BCUT2D eigenvalue weighted by atomic mass is 32.2. The van der Waals surface area contributed by atoms with Crippen LogP contribution in [0.1, 0.15) is 10.8 Å². The van der Waals surface area contributed by atoms with Crippen molar-refractivity contribution in [3.8, 4) is 0 Å². The summed E-state index contributed by atoms with van der Waals surface area (Å²) in [7, 11) is 0. The number of nitrogens with zero attached hydrogens (tertiary/aromatic N) is 1. The number of thioether (sulfide) groups is 1. The minimum atomic E-state index is 0.454. The summed E-state index contributed by atoms with van der Waals surface area (Å²) in [6.07, 6.45) is 6.18. The maximum absolute atomic E-state index is 4.30. The van der Waals surface area contributed by atoms with E-state index in [4.69, 9.17) is 0 Å². The van der Waals surface area contributed by atoms with Crippen LogP contribution in [0.4, 0.5) is 0 Å². The van der Waals surface area contributed by atoms with Gasteiger partial charge < -0.3 is 0 Å². The summed E-state index contributed by atoms with van der Waals surface area (Å²) in [5, 5.41) is 0.454. The van der Waals surface area contributed by atoms with E-state index in [1.165, 1.54) is 10.5 Å². The van der Waals surface area contributed by atoms with Crippen molar-refractivity contribution < 1.29 is 0 Å². The summed E-state index contributed by atoms with van der Waals surface area (Å²) in [4.78, 5) is 5.60. The molecule has 1 aromatic rings. The first-order chi connectivity index (χ1) is 6.93. The molecule has 68 valence electrons. The predicted molar refractivity (Wildman–Crippen MR) is 61.4 cm³/mol. The fraction of sp³-hybridized carbons (Fsp3) is 0.0833. The highest BCUT2D eigenvalue weighted by Crippen LogP contribution is 2.47. The minimum Gasteiger partial charge on any atom is -0.256 e. The molecule has 0 fully saturated rings. The van der Waals surface area contributed by atoms with E-state index in [1.807, 2.05) is 18.0 Å². The van der Waals surface area contributed by atoms with Gasteiger partial charge in [-0.3, -0.25) is 4.99 Å². The predicted octanol–water partition coefficient (Wildman–Crippen LogP) is 3.33. The number of rotatable bonds is 1. The number of aliphatic imine (C=N–C) groups is 1. The van der Waals surface area contributed by atoms with Crippen molar-refractivity contribution in [3.63, 3.8) is 0 Å². The molecule has 1 nitrogen and oxygen atoms in total. The maximum Gasteiger partial charge on any atom is 0.0740 e. The Hall–Kier alpha value is -1.28. The molecule has 2 heterocycles. The molecule has 1 aromatic carbocycles. The van der Waals surface area contributed by atoms with Gasteiger partial charge in [0.2, 0.25) is 0 Å². The molecule has 1 atom stereocenters. The van der Waals surface area contributed by atoms with E-state index in [9.17, 15) is 0 Å². The Kier molecular flexibility index (Phi) is 1.81. The molecule has 0 saturated carbocycles. The zero-order chi connectivity index (χ0) is 9.38. The number of fused-ring (bicyclic) bond motifs is 1. The van der Waals surface area contributed by atoms with Crippen molar-refractivity contribution in [1.29, 1.82) is 0 Å². The van der Waals surface area contributed by atoms with Crippen molar-refractivity contribution >= 4 is 18.0 Å². The van der Waals surface area contributed by atoms with E-state index in [0.717, 1.165) is 5.70 Å². The first-order valence-corrected chi connectivity index (χ1v) is 5.49. The van der Waals surface area contributed by atoms with E-state index < -0.39 is 0 Å². The van der Waals surface area contributed by atoms with Gasteiger partial charge in [0.15, 0.2) is 0 Å². The van der Waals surface area contributed by atoms with E-state index in [0.29, 0.717) is 5.25 Å². The third-order valence-corrected chi connectivity index (χ3v) is 3.64. The number of allylic oxidation sites excluding steroid dienone is 1. The normalized spacial score (nSPS) is 23.3. The number of benzene rings is 1. The Morgan fingerprint density at radius 1 is 1.14 bits per heavy atom. The summed E-state index contributed by atoms with van der Waals surface area (Å²) < 4.78 is 0. The van der Waals surface area contributed by atoms with E-state index in [-0.39, 0.29) is 0 Å². The zero-order valence-corrected chi connectivity index (χ0v) is 8.37. The summed E-state index contributed by atoms with van der Waals surface area (Å²) in [5.74, 6) is 0. The van der Waals surface area contributed by atoms with Crippen LogP contribution in [-0.4, -0.2) is 6.21 Å². The van der Waals surface area contributed by atoms with Gasteiger partial charge in [0, 0.05) is 11.1 Å². The van der Waals surface area contributed by atoms with Crippen molar-refractivity contribution in [2.45, 2.75) is 5.25 Å². The smallest absolute Gasteiger partial charge is 0.0740 e. The lowest BCUT2D eigenvalue weighted by Crippen LogP contribution is -1.84. The van der Waals surface area contributed by atoms with Gasteiger partial charge in [-0.15, -0.1) is 11.8 Å². The molecule has 2 aliphatic heterocycles. The van der Waals surface area contributed by atoms with Crippen LogP contribution < -0.4 is 0 Å². The first-order valence-electron chi connectivity index (χ1n) is 4.62. The van der Waals surface area contributed by atoms with Crippen LogP contribution in [0.15, 0.2) is 58.1 Å². The maximum atomic E-state index is 4.30. The van der Waals surface area contributed by atoms with E-state index in [2.05, 4.69) is 47.5 Å². The van der Waals surface area contributed by atoms with E-state index >= 15 is 0 Å². The van der Waals surface area contributed by atoms with Crippen LogP contribution in [-0.2, 0) is 0 Å². The third-order valence-electron chi connectivity index (χ3n) is 2.38. The lowest BCUT2D eigenvalue weighted by atomic mass is 10.1. The van der Waals surface area contributed by atoms with Gasteiger partial charge in [0.05, 0.1) is 10.9 Å². The van der Waals surface area contributed by atoms with Crippen molar-refractivity contribution in [2.75, 3.05) is 0 Å². The summed E-state index contributed by atoms with van der Waals surface area (Å²) in [6, 6.07) is 10.6. The molecule has 0 amide bonds. The van der Waals surface area contributed by atoms with E-state index in [1.54, 1.807) is 0 Å². The van der Waals surface area contributed by atoms with Gasteiger partial charge in [0.25, 0.3) is 0 Å². The molecule has 0 N–H and O–H groups in total. The molecule has 14 heavy (non-hydrogen) atoms. The fourth-order valence-electron chi connectivity index (χ4n) is 1.68. The molecule has 0 aromatic heterocycles. The van der Waals surface area contributed by atoms with Crippen LogP contribution >= 0.6 is 11.8 Å². The summed E-state index contributed by atoms with van der Waals surface area (Å²) >= 11 is 1.88. The zero-order valence-electron chi connectivity index (χ0n) is 7.55.